The predicted molar refractivity (Wildman–Crippen MR) is 61.1 cm³/mol. The second kappa shape index (κ2) is 4.44. The zero-order valence-electron chi connectivity index (χ0n) is 8.78. The Morgan fingerprint density at radius 3 is 3.07 bits per heavy atom. The average molecular weight is 223 g/mol. The number of nitrogens with one attached hydrogen (secondary N) is 1. The van der Waals surface area contributed by atoms with Crippen LogP contribution in [-0.2, 0) is 0 Å². The first-order chi connectivity index (χ1) is 7.31. The topological polar surface area (TPSA) is 51.0 Å². The molecular formula is C10H13N3OS. The molecule has 15 heavy (non-hydrogen) atoms. The first-order valence-corrected chi connectivity index (χ1v) is 5.70. The fourth-order valence-electron chi connectivity index (χ4n) is 1.22. The summed E-state index contributed by atoms with van der Waals surface area (Å²) in [5.74, 6) is 1.43. The standard InChI is InChI=1S/C10H13N3OS/c1-3-5-11-10-12-9(13-15-10)8-7(2)4-6-14-8/h4,6H,3,5H2,1-2H3,(H,11,12,13). The van der Waals surface area contributed by atoms with Gasteiger partial charge < -0.3 is 9.73 Å². The lowest BCUT2D eigenvalue weighted by molar-refractivity contribution is 0.577. The molecule has 0 saturated heterocycles. The van der Waals surface area contributed by atoms with Crippen molar-refractivity contribution in [3.63, 3.8) is 0 Å². The maximum absolute atomic E-state index is 5.32. The van der Waals surface area contributed by atoms with Gasteiger partial charge >= 0.3 is 0 Å². The van der Waals surface area contributed by atoms with Crippen molar-refractivity contribution in [2.75, 3.05) is 11.9 Å². The number of hydrogen-bond acceptors (Lipinski definition) is 5. The molecule has 0 bridgehead atoms. The number of aryl methyl sites for hydroxylation is 1. The highest BCUT2D eigenvalue weighted by molar-refractivity contribution is 7.09. The number of anilines is 1. The van der Waals surface area contributed by atoms with Crippen LogP contribution in [0, 0.1) is 6.92 Å². The Balaban J connectivity index is 2.17. The summed E-state index contributed by atoms with van der Waals surface area (Å²) < 4.78 is 9.57. The molecule has 1 N–H and O–H groups in total. The van der Waals surface area contributed by atoms with Crippen molar-refractivity contribution in [3.05, 3.63) is 17.9 Å². The van der Waals surface area contributed by atoms with E-state index in [2.05, 4.69) is 21.6 Å². The number of nitrogens with zero attached hydrogens (tertiary/aromatic N) is 2. The zero-order valence-corrected chi connectivity index (χ0v) is 9.60. The molecular weight excluding hydrogens is 210 g/mol. The van der Waals surface area contributed by atoms with Crippen molar-refractivity contribution < 1.29 is 4.42 Å². The molecule has 4 nitrogen and oxygen atoms in total. The molecule has 0 amide bonds. The first-order valence-electron chi connectivity index (χ1n) is 4.93. The van der Waals surface area contributed by atoms with Crippen LogP contribution in [0.1, 0.15) is 18.9 Å². The minimum atomic E-state index is 0.668. The maximum Gasteiger partial charge on any atom is 0.210 e. The Kier molecular flexibility index (Phi) is 3.01. The van der Waals surface area contributed by atoms with Crippen molar-refractivity contribution >= 4 is 16.7 Å². The highest BCUT2D eigenvalue weighted by Gasteiger charge is 2.11. The molecule has 2 rings (SSSR count). The van der Waals surface area contributed by atoms with Gasteiger partial charge in [-0.2, -0.15) is 9.36 Å². The fraction of sp³-hybridized carbons (Fsp3) is 0.400. The van der Waals surface area contributed by atoms with Crippen molar-refractivity contribution in [1.82, 2.24) is 9.36 Å². The molecule has 2 heterocycles. The highest BCUT2D eigenvalue weighted by atomic mass is 32.1. The molecule has 0 unspecified atom stereocenters. The van der Waals surface area contributed by atoms with Crippen molar-refractivity contribution in [2.24, 2.45) is 0 Å². The van der Waals surface area contributed by atoms with Gasteiger partial charge in [0.1, 0.15) is 0 Å². The van der Waals surface area contributed by atoms with Crippen LogP contribution in [0.15, 0.2) is 16.7 Å². The Bertz CT molecular complexity index is 435. The number of hydrogen-bond donors (Lipinski definition) is 1. The molecule has 80 valence electrons. The summed E-state index contributed by atoms with van der Waals surface area (Å²) in [7, 11) is 0. The third kappa shape index (κ3) is 2.18. The number of rotatable bonds is 4. The van der Waals surface area contributed by atoms with Crippen LogP contribution in [0.5, 0.6) is 0 Å². The summed E-state index contributed by atoms with van der Waals surface area (Å²) in [6.07, 6.45) is 2.74. The Morgan fingerprint density at radius 2 is 2.40 bits per heavy atom. The van der Waals surface area contributed by atoms with Gasteiger partial charge in [-0.15, -0.1) is 0 Å². The van der Waals surface area contributed by atoms with Crippen LogP contribution in [0.2, 0.25) is 0 Å². The van der Waals surface area contributed by atoms with Crippen LogP contribution in [0.25, 0.3) is 11.6 Å². The lowest BCUT2D eigenvalue weighted by Gasteiger charge is -1.95. The fourth-order valence-corrected chi connectivity index (χ4v) is 1.81. The predicted octanol–water partition coefficient (Wildman–Crippen LogP) is 2.93. The third-order valence-corrected chi connectivity index (χ3v) is 2.69. The summed E-state index contributed by atoms with van der Waals surface area (Å²) in [6, 6.07) is 1.91. The zero-order chi connectivity index (χ0) is 10.7. The summed E-state index contributed by atoms with van der Waals surface area (Å²) >= 11 is 1.36. The largest absolute Gasteiger partial charge is 0.461 e. The van der Waals surface area contributed by atoms with E-state index in [-0.39, 0.29) is 0 Å². The van der Waals surface area contributed by atoms with E-state index < -0.39 is 0 Å². The SMILES string of the molecule is CCCNc1nc(-c2occc2C)ns1. The van der Waals surface area contributed by atoms with Gasteiger partial charge in [-0.05, 0) is 25.0 Å². The smallest absolute Gasteiger partial charge is 0.210 e. The van der Waals surface area contributed by atoms with Crippen LogP contribution in [-0.4, -0.2) is 15.9 Å². The minimum absolute atomic E-state index is 0.668. The van der Waals surface area contributed by atoms with Crippen LogP contribution >= 0.6 is 11.5 Å². The third-order valence-electron chi connectivity index (χ3n) is 2.02. The van der Waals surface area contributed by atoms with Gasteiger partial charge in [-0.1, -0.05) is 6.92 Å². The normalized spacial score (nSPS) is 10.5. The van der Waals surface area contributed by atoms with E-state index in [1.807, 2.05) is 13.0 Å². The lowest BCUT2D eigenvalue weighted by atomic mass is 10.3. The van der Waals surface area contributed by atoms with E-state index in [9.17, 15) is 0 Å². The van der Waals surface area contributed by atoms with E-state index in [1.165, 1.54) is 11.5 Å². The van der Waals surface area contributed by atoms with E-state index in [4.69, 9.17) is 4.42 Å². The van der Waals surface area contributed by atoms with E-state index in [0.717, 1.165) is 29.4 Å². The van der Waals surface area contributed by atoms with Crippen LogP contribution < -0.4 is 5.32 Å². The monoisotopic (exact) mass is 223 g/mol. The van der Waals surface area contributed by atoms with Gasteiger partial charge in [0.05, 0.1) is 6.26 Å². The molecule has 0 aliphatic heterocycles. The molecule has 0 radical (unpaired) electrons. The minimum Gasteiger partial charge on any atom is -0.461 e. The van der Waals surface area contributed by atoms with Gasteiger partial charge in [0.25, 0.3) is 0 Å². The van der Waals surface area contributed by atoms with E-state index in [1.54, 1.807) is 6.26 Å². The quantitative estimate of drug-likeness (QED) is 0.865. The average Bonchev–Trinajstić information content (AvgIpc) is 2.83. The first kappa shape index (κ1) is 10.2. The molecule has 0 saturated carbocycles. The molecule has 5 heteroatoms. The summed E-state index contributed by atoms with van der Waals surface area (Å²) in [6.45, 7) is 5.02. The van der Waals surface area contributed by atoms with Crippen LogP contribution in [0.4, 0.5) is 5.13 Å². The maximum atomic E-state index is 5.32. The van der Waals surface area contributed by atoms with Gasteiger partial charge in [0.2, 0.25) is 11.0 Å². The molecule has 0 spiro atoms. The van der Waals surface area contributed by atoms with E-state index >= 15 is 0 Å². The molecule has 0 atom stereocenters. The molecule has 0 aromatic carbocycles. The second-order valence-electron chi connectivity index (χ2n) is 3.28. The lowest BCUT2D eigenvalue weighted by Crippen LogP contribution is -1.98. The van der Waals surface area contributed by atoms with Crippen LogP contribution in [0.3, 0.4) is 0 Å². The van der Waals surface area contributed by atoms with Crippen molar-refractivity contribution in [1.29, 1.82) is 0 Å². The molecule has 2 aromatic heterocycles. The summed E-state index contributed by atoms with van der Waals surface area (Å²) in [5, 5.41) is 4.05. The van der Waals surface area contributed by atoms with Gasteiger partial charge in [-0.3, -0.25) is 0 Å². The number of aromatic nitrogens is 2. The second-order valence-corrected chi connectivity index (χ2v) is 4.03. The number of furan rings is 1. The van der Waals surface area contributed by atoms with Gasteiger partial charge in [0.15, 0.2) is 5.76 Å². The Hall–Kier alpha value is -1.36. The van der Waals surface area contributed by atoms with Crippen molar-refractivity contribution in [2.45, 2.75) is 20.3 Å². The highest BCUT2D eigenvalue weighted by Crippen LogP contribution is 2.24. The van der Waals surface area contributed by atoms with Crippen molar-refractivity contribution in [3.8, 4) is 11.6 Å². The molecule has 0 fully saturated rings. The summed E-state index contributed by atoms with van der Waals surface area (Å²) in [4.78, 5) is 4.35. The van der Waals surface area contributed by atoms with Gasteiger partial charge in [-0.25, -0.2) is 0 Å². The Labute approximate surface area is 92.5 Å². The molecule has 0 aliphatic carbocycles. The van der Waals surface area contributed by atoms with E-state index in [0.29, 0.717) is 5.82 Å². The molecule has 0 aliphatic rings. The summed E-state index contributed by atoms with van der Waals surface area (Å²) in [5.41, 5.74) is 1.06. The Morgan fingerprint density at radius 1 is 1.53 bits per heavy atom. The van der Waals surface area contributed by atoms with Gasteiger partial charge in [0, 0.05) is 18.1 Å². The molecule has 2 aromatic rings.